The fraction of sp³-hybridized carbons (Fsp3) is 0.500. The molecule has 0 spiro atoms. The van der Waals surface area contributed by atoms with Crippen LogP contribution in [0.4, 0.5) is 4.39 Å². The van der Waals surface area contributed by atoms with Gasteiger partial charge >= 0.3 is 0 Å². The zero-order valence-electron chi connectivity index (χ0n) is 14.6. The zero-order chi connectivity index (χ0) is 17.8. The molecule has 0 radical (unpaired) electrons. The first-order valence-electron chi connectivity index (χ1n) is 8.51. The van der Waals surface area contributed by atoms with Crippen molar-refractivity contribution in [1.29, 1.82) is 5.26 Å². The number of nitrogens with zero attached hydrogens (tertiary/aromatic N) is 5. The number of halogens is 1. The summed E-state index contributed by atoms with van der Waals surface area (Å²) < 4.78 is 19.3. The van der Waals surface area contributed by atoms with Gasteiger partial charge in [-0.3, -0.25) is 9.80 Å². The maximum atomic E-state index is 14.0. The van der Waals surface area contributed by atoms with E-state index < -0.39 is 0 Å². The fourth-order valence-electron chi connectivity index (χ4n) is 2.85. The molecule has 7 heteroatoms. The minimum absolute atomic E-state index is 0.261. The van der Waals surface area contributed by atoms with Gasteiger partial charge in [0.1, 0.15) is 5.82 Å². The van der Waals surface area contributed by atoms with Crippen molar-refractivity contribution < 1.29 is 8.91 Å². The third-order valence-electron chi connectivity index (χ3n) is 4.40. The first-order chi connectivity index (χ1) is 12.0. The van der Waals surface area contributed by atoms with E-state index in [-0.39, 0.29) is 11.7 Å². The molecule has 25 heavy (non-hydrogen) atoms. The van der Waals surface area contributed by atoms with Crippen LogP contribution in [0, 0.1) is 17.1 Å². The average molecular weight is 343 g/mol. The topological polar surface area (TPSA) is 69.2 Å². The predicted octanol–water partition coefficient (Wildman–Crippen LogP) is 2.52. The molecule has 6 nitrogen and oxygen atoms in total. The monoisotopic (exact) mass is 343 g/mol. The van der Waals surface area contributed by atoms with Crippen LogP contribution in [0.15, 0.2) is 22.7 Å². The van der Waals surface area contributed by atoms with Crippen LogP contribution in [0.5, 0.6) is 0 Å². The van der Waals surface area contributed by atoms with Crippen molar-refractivity contribution in [2.45, 2.75) is 32.9 Å². The molecule has 0 atom stereocenters. The molecular weight excluding hydrogens is 321 g/mol. The first kappa shape index (κ1) is 17.5. The number of aromatic nitrogens is 2. The van der Waals surface area contributed by atoms with E-state index in [1.54, 1.807) is 12.1 Å². The Hall–Kier alpha value is -2.30. The molecule has 1 fully saturated rings. The van der Waals surface area contributed by atoms with Crippen LogP contribution < -0.4 is 0 Å². The van der Waals surface area contributed by atoms with Crippen molar-refractivity contribution in [3.05, 3.63) is 46.9 Å². The molecule has 0 amide bonds. The zero-order valence-corrected chi connectivity index (χ0v) is 14.6. The maximum absolute atomic E-state index is 14.0. The Morgan fingerprint density at radius 3 is 2.44 bits per heavy atom. The SMILES string of the molecule is CC(C)c1noc(CN2CCN(Cc3ccc(C#N)cc3F)CC2)n1. The molecule has 2 aromatic rings. The molecule has 0 aliphatic carbocycles. The Morgan fingerprint density at radius 1 is 1.20 bits per heavy atom. The van der Waals surface area contributed by atoms with Crippen LogP contribution in [0.25, 0.3) is 0 Å². The number of rotatable bonds is 5. The minimum Gasteiger partial charge on any atom is -0.338 e. The summed E-state index contributed by atoms with van der Waals surface area (Å²) in [7, 11) is 0. The van der Waals surface area contributed by atoms with Crippen LogP contribution in [0.2, 0.25) is 0 Å². The molecule has 2 heterocycles. The molecule has 1 aromatic carbocycles. The van der Waals surface area contributed by atoms with E-state index in [1.807, 2.05) is 19.9 Å². The van der Waals surface area contributed by atoms with E-state index in [4.69, 9.17) is 9.78 Å². The molecule has 1 aliphatic rings. The summed E-state index contributed by atoms with van der Waals surface area (Å²) in [5.74, 6) is 1.34. The van der Waals surface area contributed by atoms with Crippen molar-refractivity contribution in [1.82, 2.24) is 19.9 Å². The van der Waals surface area contributed by atoms with Gasteiger partial charge in [-0.15, -0.1) is 0 Å². The van der Waals surface area contributed by atoms with Gasteiger partial charge < -0.3 is 4.52 Å². The highest BCUT2D eigenvalue weighted by Crippen LogP contribution is 2.16. The van der Waals surface area contributed by atoms with E-state index >= 15 is 0 Å². The van der Waals surface area contributed by atoms with Crippen molar-refractivity contribution >= 4 is 0 Å². The van der Waals surface area contributed by atoms with Gasteiger partial charge in [-0.2, -0.15) is 10.2 Å². The molecular formula is C18H22FN5O. The molecule has 132 valence electrons. The lowest BCUT2D eigenvalue weighted by Crippen LogP contribution is -2.45. The molecule has 1 aliphatic heterocycles. The standard InChI is InChI=1S/C18H22FN5O/c1-13(2)18-21-17(25-22-18)12-24-7-5-23(6-8-24)11-15-4-3-14(10-20)9-16(15)19/h3-4,9,13H,5-8,11-12H2,1-2H3. The second kappa shape index (κ2) is 7.72. The van der Waals surface area contributed by atoms with Crippen LogP contribution >= 0.6 is 0 Å². The fourth-order valence-corrected chi connectivity index (χ4v) is 2.85. The predicted molar refractivity (Wildman–Crippen MR) is 90.1 cm³/mol. The Morgan fingerprint density at radius 2 is 1.88 bits per heavy atom. The minimum atomic E-state index is -0.312. The lowest BCUT2D eigenvalue weighted by Gasteiger charge is -2.33. The van der Waals surface area contributed by atoms with Crippen LogP contribution in [-0.2, 0) is 13.1 Å². The van der Waals surface area contributed by atoms with Crippen molar-refractivity contribution in [2.75, 3.05) is 26.2 Å². The second-order valence-corrected chi connectivity index (χ2v) is 6.67. The summed E-state index contributed by atoms with van der Waals surface area (Å²) in [6.07, 6.45) is 0. The summed E-state index contributed by atoms with van der Waals surface area (Å²) in [6, 6.07) is 6.62. The first-order valence-corrected chi connectivity index (χ1v) is 8.51. The quantitative estimate of drug-likeness (QED) is 0.831. The number of piperazine rings is 1. The normalized spacial score (nSPS) is 16.3. The number of nitriles is 1. The van der Waals surface area contributed by atoms with Gasteiger partial charge in [0, 0.05) is 44.2 Å². The van der Waals surface area contributed by atoms with Gasteiger partial charge in [0.25, 0.3) is 0 Å². The van der Waals surface area contributed by atoms with E-state index in [0.29, 0.717) is 30.1 Å². The van der Waals surface area contributed by atoms with Gasteiger partial charge in [-0.1, -0.05) is 25.1 Å². The Bertz CT molecular complexity index is 759. The molecule has 0 bridgehead atoms. The van der Waals surface area contributed by atoms with Crippen molar-refractivity contribution in [3.8, 4) is 6.07 Å². The third kappa shape index (κ3) is 4.41. The number of hydrogen-bond acceptors (Lipinski definition) is 6. The summed E-state index contributed by atoms with van der Waals surface area (Å²) in [5, 5.41) is 12.8. The van der Waals surface area contributed by atoms with E-state index in [1.165, 1.54) is 6.07 Å². The van der Waals surface area contributed by atoms with Crippen molar-refractivity contribution in [2.24, 2.45) is 0 Å². The molecule has 0 saturated carbocycles. The second-order valence-electron chi connectivity index (χ2n) is 6.67. The average Bonchev–Trinajstić information content (AvgIpc) is 3.07. The van der Waals surface area contributed by atoms with Gasteiger partial charge in [-0.25, -0.2) is 4.39 Å². The van der Waals surface area contributed by atoms with Gasteiger partial charge in [0.15, 0.2) is 5.82 Å². The summed E-state index contributed by atoms with van der Waals surface area (Å²) in [5.41, 5.74) is 0.984. The number of benzene rings is 1. The highest BCUT2D eigenvalue weighted by molar-refractivity contribution is 5.32. The Kier molecular flexibility index (Phi) is 5.41. The maximum Gasteiger partial charge on any atom is 0.240 e. The van der Waals surface area contributed by atoms with E-state index in [9.17, 15) is 4.39 Å². The molecule has 3 rings (SSSR count). The molecule has 0 N–H and O–H groups in total. The van der Waals surface area contributed by atoms with E-state index in [2.05, 4.69) is 19.9 Å². The summed E-state index contributed by atoms with van der Waals surface area (Å²) in [4.78, 5) is 8.89. The Balaban J connectivity index is 1.51. The van der Waals surface area contributed by atoms with Crippen LogP contribution in [-0.4, -0.2) is 46.1 Å². The lowest BCUT2D eigenvalue weighted by atomic mass is 10.1. The smallest absolute Gasteiger partial charge is 0.240 e. The lowest BCUT2D eigenvalue weighted by molar-refractivity contribution is 0.111. The van der Waals surface area contributed by atoms with E-state index in [0.717, 1.165) is 32.0 Å². The van der Waals surface area contributed by atoms with Crippen LogP contribution in [0.1, 0.15) is 42.6 Å². The van der Waals surface area contributed by atoms with Gasteiger partial charge in [0.05, 0.1) is 18.2 Å². The van der Waals surface area contributed by atoms with Gasteiger partial charge in [0.2, 0.25) is 5.89 Å². The Labute approximate surface area is 146 Å². The summed E-state index contributed by atoms with van der Waals surface area (Å²) in [6.45, 7) is 8.73. The molecule has 0 unspecified atom stereocenters. The largest absolute Gasteiger partial charge is 0.338 e. The third-order valence-corrected chi connectivity index (χ3v) is 4.40. The summed E-state index contributed by atoms with van der Waals surface area (Å²) >= 11 is 0. The highest BCUT2D eigenvalue weighted by atomic mass is 19.1. The number of hydrogen-bond donors (Lipinski definition) is 0. The highest BCUT2D eigenvalue weighted by Gasteiger charge is 2.20. The molecule has 1 aromatic heterocycles. The van der Waals surface area contributed by atoms with Crippen LogP contribution in [0.3, 0.4) is 0 Å². The van der Waals surface area contributed by atoms with Crippen molar-refractivity contribution in [3.63, 3.8) is 0 Å². The molecule has 1 saturated heterocycles. The van der Waals surface area contributed by atoms with Gasteiger partial charge in [-0.05, 0) is 12.1 Å².